The summed E-state index contributed by atoms with van der Waals surface area (Å²) in [6.45, 7) is 1.56. The highest BCUT2D eigenvalue weighted by molar-refractivity contribution is 7.09. The van der Waals surface area contributed by atoms with Crippen molar-refractivity contribution in [1.82, 2.24) is 4.98 Å². The second-order valence-electron chi connectivity index (χ2n) is 5.39. The number of anilines is 3. The first-order valence-electron chi connectivity index (χ1n) is 7.91. The van der Waals surface area contributed by atoms with E-state index in [1.54, 1.807) is 48.1 Å². The van der Waals surface area contributed by atoms with Gasteiger partial charge in [-0.2, -0.15) is 0 Å². The molecular weight excluding hydrogens is 350 g/mol. The maximum absolute atomic E-state index is 12.9. The monoisotopic (exact) mass is 367 g/mol. The fourth-order valence-electron chi connectivity index (χ4n) is 2.39. The fourth-order valence-corrected chi connectivity index (χ4v) is 2.90. The van der Waals surface area contributed by atoms with E-state index in [0.29, 0.717) is 17.1 Å². The summed E-state index contributed by atoms with van der Waals surface area (Å²) in [6.07, 6.45) is 1.12. The number of amides is 2. The minimum atomic E-state index is -0.539. The summed E-state index contributed by atoms with van der Waals surface area (Å²) in [5.74, 6) is -0.219. The minimum absolute atomic E-state index is 0.134. The van der Waals surface area contributed by atoms with Crippen LogP contribution >= 0.6 is 11.3 Å². The molecule has 1 aromatic heterocycles. The number of ether oxygens (including phenoxy) is 1. The van der Waals surface area contributed by atoms with Gasteiger partial charge in [-0.1, -0.05) is 30.3 Å². The van der Waals surface area contributed by atoms with Crippen LogP contribution in [0.4, 0.5) is 21.9 Å². The van der Waals surface area contributed by atoms with Gasteiger partial charge in [-0.3, -0.25) is 9.78 Å². The standard InChI is InChI=1S/C19H17N3O3S/c1-14(23)21-17-9-5-6-10-18(17)22(15-7-3-2-4-8-15)19(24)25-12-16-11-20-13-26-16/h2-11,13H,12H2,1H3,(H,21,23). The van der Waals surface area contributed by atoms with Gasteiger partial charge in [0.2, 0.25) is 5.91 Å². The Morgan fingerprint density at radius 3 is 2.54 bits per heavy atom. The van der Waals surface area contributed by atoms with Crippen molar-refractivity contribution < 1.29 is 14.3 Å². The highest BCUT2D eigenvalue weighted by Crippen LogP contribution is 2.33. The van der Waals surface area contributed by atoms with Gasteiger partial charge in [-0.25, -0.2) is 9.69 Å². The molecule has 3 rings (SSSR count). The lowest BCUT2D eigenvalue weighted by Crippen LogP contribution is -2.27. The van der Waals surface area contributed by atoms with Crippen molar-refractivity contribution in [2.75, 3.05) is 10.2 Å². The van der Waals surface area contributed by atoms with Crippen LogP contribution in [-0.2, 0) is 16.1 Å². The maximum Gasteiger partial charge on any atom is 0.419 e. The summed E-state index contributed by atoms with van der Waals surface area (Å²) < 4.78 is 5.46. The molecule has 0 aliphatic heterocycles. The van der Waals surface area contributed by atoms with E-state index >= 15 is 0 Å². The van der Waals surface area contributed by atoms with Crippen molar-refractivity contribution in [2.45, 2.75) is 13.5 Å². The predicted octanol–water partition coefficient (Wildman–Crippen LogP) is 4.58. The highest BCUT2D eigenvalue weighted by Gasteiger charge is 2.22. The molecule has 6 nitrogen and oxygen atoms in total. The maximum atomic E-state index is 12.9. The first-order chi connectivity index (χ1) is 12.6. The van der Waals surface area contributed by atoms with E-state index in [-0.39, 0.29) is 12.5 Å². The third-order valence-corrected chi connectivity index (χ3v) is 4.23. The lowest BCUT2D eigenvalue weighted by atomic mass is 10.2. The molecular formula is C19H17N3O3S. The molecule has 0 aliphatic rings. The summed E-state index contributed by atoms with van der Waals surface area (Å²) in [4.78, 5) is 30.6. The van der Waals surface area contributed by atoms with Gasteiger partial charge in [0.25, 0.3) is 0 Å². The van der Waals surface area contributed by atoms with Gasteiger partial charge in [-0.15, -0.1) is 11.3 Å². The quantitative estimate of drug-likeness (QED) is 0.717. The number of aromatic nitrogens is 1. The van der Waals surface area contributed by atoms with Crippen molar-refractivity contribution in [2.24, 2.45) is 0 Å². The topological polar surface area (TPSA) is 71.5 Å². The number of carbonyl (C=O) groups excluding carboxylic acids is 2. The predicted molar refractivity (Wildman–Crippen MR) is 102 cm³/mol. The number of thiazole rings is 1. The van der Waals surface area contributed by atoms with Crippen molar-refractivity contribution in [3.05, 3.63) is 71.2 Å². The van der Waals surface area contributed by atoms with Crippen molar-refractivity contribution >= 4 is 40.4 Å². The molecule has 2 aromatic carbocycles. The SMILES string of the molecule is CC(=O)Nc1ccccc1N(C(=O)OCc1cncs1)c1ccccc1. The highest BCUT2D eigenvalue weighted by atomic mass is 32.1. The van der Waals surface area contributed by atoms with Gasteiger partial charge in [-0.05, 0) is 24.3 Å². The minimum Gasteiger partial charge on any atom is -0.443 e. The number of rotatable bonds is 5. The Kier molecular flexibility index (Phi) is 5.60. The van der Waals surface area contributed by atoms with Gasteiger partial charge in [0.15, 0.2) is 0 Å². The van der Waals surface area contributed by atoms with Crippen LogP contribution in [0.1, 0.15) is 11.8 Å². The van der Waals surface area contributed by atoms with Crippen molar-refractivity contribution in [3.8, 4) is 0 Å². The van der Waals surface area contributed by atoms with Gasteiger partial charge < -0.3 is 10.1 Å². The summed E-state index contributed by atoms with van der Waals surface area (Å²) in [5.41, 5.74) is 3.38. The van der Waals surface area contributed by atoms with Gasteiger partial charge in [0.1, 0.15) is 6.61 Å². The molecule has 0 radical (unpaired) electrons. The second kappa shape index (κ2) is 8.26. The Bertz CT molecular complexity index is 882. The first kappa shape index (κ1) is 17.6. The Hall–Kier alpha value is -3.19. The number of benzene rings is 2. The third-order valence-electron chi connectivity index (χ3n) is 3.47. The van der Waals surface area contributed by atoms with E-state index in [1.165, 1.54) is 23.2 Å². The summed E-state index contributed by atoms with van der Waals surface area (Å²) >= 11 is 1.42. The molecule has 26 heavy (non-hydrogen) atoms. The molecule has 0 fully saturated rings. The van der Waals surface area contributed by atoms with E-state index < -0.39 is 6.09 Å². The molecule has 7 heteroatoms. The zero-order chi connectivity index (χ0) is 18.4. The zero-order valence-corrected chi connectivity index (χ0v) is 14.9. The Balaban J connectivity index is 1.94. The van der Waals surface area contributed by atoms with Gasteiger partial charge >= 0.3 is 6.09 Å². The lowest BCUT2D eigenvalue weighted by Gasteiger charge is -2.24. The van der Waals surface area contributed by atoms with Crippen LogP contribution in [0.3, 0.4) is 0 Å². The average molecular weight is 367 g/mol. The van der Waals surface area contributed by atoms with E-state index in [0.717, 1.165) is 4.88 Å². The molecule has 3 aromatic rings. The molecule has 0 unspecified atom stereocenters. The molecule has 1 heterocycles. The van der Waals surface area contributed by atoms with Crippen molar-refractivity contribution in [3.63, 3.8) is 0 Å². The summed E-state index contributed by atoms with van der Waals surface area (Å²) in [6, 6.07) is 16.2. The van der Waals surface area contributed by atoms with Crippen LogP contribution in [0.15, 0.2) is 66.3 Å². The van der Waals surface area contributed by atoms with Crippen LogP contribution in [0.5, 0.6) is 0 Å². The first-order valence-corrected chi connectivity index (χ1v) is 8.79. The summed E-state index contributed by atoms with van der Waals surface area (Å²) in [5, 5.41) is 2.75. The average Bonchev–Trinajstić information content (AvgIpc) is 3.16. The Morgan fingerprint density at radius 1 is 1.12 bits per heavy atom. The smallest absolute Gasteiger partial charge is 0.419 e. The third kappa shape index (κ3) is 4.25. The number of hydrogen-bond acceptors (Lipinski definition) is 5. The molecule has 0 bridgehead atoms. The molecule has 0 aliphatic carbocycles. The van der Waals surface area contributed by atoms with Crippen LogP contribution in [-0.4, -0.2) is 17.0 Å². The van der Waals surface area contributed by atoms with Gasteiger partial charge in [0, 0.05) is 13.1 Å². The molecule has 2 amide bonds. The largest absolute Gasteiger partial charge is 0.443 e. The molecule has 132 valence electrons. The summed E-state index contributed by atoms with van der Waals surface area (Å²) in [7, 11) is 0. The Labute approximate surface area is 155 Å². The lowest BCUT2D eigenvalue weighted by molar-refractivity contribution is -0.114. The number of carbonyl (C=O) groups is 2. The number of nitrogens with one attached hydrogen (secondary N) is 1. The van der Waals surface area contributed by atoms with Gasteiger partial charge in [0.05, 0.1) is 27.4 Å². The van der Waals surface area contributed by atoms with Crippen LogP contribution in [0.2, 0.25) is 0 Å². The number of para-hydroxylation sites is 3. The van der Waals surface area contributed by atoms with E-state index in [4.69, 9.17) is 4.74 Å². The van der Waals surface area contributed by atoms with E-state index in [9.17, 15) is 9.59 Å². The molecule has 0 atom stereocenters. The molecule has 0 saturated carbocycles. The van der Waals surface area contributed by atoms with Crippen LogP contribution in [0.25, 0.3) is 0 Å². The molecule has 0 saturated heterocycles. The number of hydrogen-bond donors (Lipinski definition) is 1. The van der Waals surface area contributed by atoms with E-state index in [2.05, 4.69) is 10.3 Å². The van der Waals surface area contributed by atoms with Crippen LogP contribution in [0, 0.1) is 0 Å². The molecule has 0 spiro atoms. The normalized spacial score (nSPS) is 10.2. The fraction of sp³-hybridized carbons (Fsp3) is 0.105. The Morgan fingerprint density at radius 2 is 1.85 bits per heavy atom. The second-order valence-corrected chi connectivity index (χ2v) is 6.36. The zero-order valence-electron chi connectivity index (χ0n) is 14.1. The van der Waals surface area contributed by atoms with E-state index in [1.807, 2.05) is 18.2 Å². The van der Waals surface area contributed by atoms with Crippen LogP contribution < -0.4 is 10.2 Å². The van der Waals surface area contributed by atoms with Crippen molar-refractivity contribution in [1.29, 1.82) is 0 Å². The molecule has 1 N–H and O–H groups in total. The number of nitrogens with zero attached hydrogens (tertiary/aromatic N) is 2.